The molecule has 0 fully saturated rings. The van der Waals surface area contributed by atoms with Gasteiger partial charge >= 0.3 is 0 Å². The van der Waals surface area contributed by atoms with E-state index in [2.05, 4.69) is 28.1 Å². The minimum atomic E-state index is -0.200. The summed E-state index contributed by atoms with van der Waals surface area (Å²) in [5.74, 6) is -0.377. The van der Waals surface area contributed by atoms with E-state index in [1.54, 1.807) is 0 Å². The molecule has 1 aromatic carbocycles. The van der Waals surface area contributed by atoms with Crippen LogP contribution in [0.1, 0.15) is 23.6 Å². The molecule has 0 aromatic heterocycles. The van der Waals surface area contributed by atoms with Gasteiger partial charge in [0, 0.05) is 26.6 Å². The van der Waals surface area contributed by atoms with E-state index in [1.807, 2.05) is 6.07 Å². The lowest BCUT2D eigenvalue weighted by atomic mass is 10.1. The van der Waals surface area contributed by atoms with Crippen LogP contribution < -0.4 is 16.0 Å². The van der Waals surface area contributed by atoms with Crippen molar-refractivity contribution >= 4 is 24.2 Å². The Morgan fingerprint density at radius 3 is 2.68 bits per heavy atom. The van der Waals surface area contributed by atoms with E-state index in [4.69, 9.17) is 0 Å². The minimum absolute atomic E-state index is 0. The number of amides is 2. The SMILES string of the molecule is CC(=O)NCC(=O)NCc1ccc2c(c1)CNC2.Cl. The van der Waals surface area contributed by atoms with Gasteiger partial charge in [-0.3, -0.25) is 9.59 Å². The zero-order valence-corrected chi connectivity index (χ0v) is 11.6. The Balaban J connectivity index is 0.00000180. The van der Waals surface area contributed by atoms with Gasteiger partial charge in [0.1, 0.15) is 0 Å². The molecule has 0 atom stereocenters. The first-order chi connectivity index (χ1) is 8.65. The molecular weight excluding hydrogens is 266 g/mol. The molecule has 2 amide bonds. The highest BCUT2D eigenvalue weighted by Gasteiger charge is 2.10. The van der Waals surface area contributed by atoms with Crippen molar-refractivity contribution in [3.8, 4) is 0 Å². The third-order valence-electron chi connectivity index (χ3n) is 2.89. The summed E-state index contributed by atoms with van der Waals surface area (Å²) in [7, 11) is 0. The summed E-state index contributed by atoms with van der Waals surface area (Å²) >= 11 is 0. The molecule has 0 radical (unpaired) electrons. The van der Waals surface area contributed by atoms with Crippen LogP contribution in [0.4, 0.5) is 0 Å². The number of hydrogen-bond donors (Lipinski definition) is 3. The van der Waals surface area contributed by atoms with E-state index in [0.717, 1.165) is 18.7 Å². The Labute approximate surface area is 118 Å². The topological polar surface area (TPSA) is 70.2 Å². The van der Waals surface area contributed by atoms with E-state index in [9.17, 15) is 9.59 Å². The van der Waals surface area contributed by atoms with E-state index < -0.39 is 0 Å². The predicted molar refractivity (Wildman–Crippen MR) is 74.8 cm³/mol. The fourth-order valence-electron chi connectivity index (χ4n) is 1.93. The first-order valence-corrected chi connectivity index (χ1v) is 5.97. The van der Waals surface area contributed by atoms with Crippen molar-refractivity contribution in [3.05, 3.63) is 34.9 Å². The van der Waals surface area contributed by atoms with Gasteiger partial charge in [0.05, 0.1) is 6.54 Å². The summed E-state index contributed by atoms with van der Waals surface area (Å²) in [6, 6.07) is 6.21. The van der Waals surface area contributed by atoms with Crippen LogP contribution in [0.25, 0.3) is 0 Å². The third-order valence-corrected chi connectivity index (χ3v) is 2.89. The molecule has 5 nitrogen and oxygen atoms in total. The summed E-state index contributed by atoms with van der Waals surface area (Å²) in [5.41, 5.74) is 3.69. The molecule has 0 unspecified atom stereocenters. The molecular formula is C13H18ClN3O2. The van der Waals surface area contributed by atoms with Crippen LogP contribution in [0.3, 0.4) is 0 Å². The van der Waals surface area contributed by atoms with Gasteiger partial charge in [0.15, 0.2) is 0 Å². The lowest BCUT2D eigenvalue weighted by Gasteiger charge is -2.07. The van der Waals surface area contributed by atoms with Gasteiger partial charge in [-0.15, -0.1) is 12.4 Å². The number of carbonyl (C=O) groups is 2. The van der Waals surface area contributed by atoms with E-state index in [0.29, 0.717) is 6.54 Å². The summed E-state index contributed by atoms with van der Waals surface area (Å²) in [4.78, 5) is 22.1. The Morgan fingerprint density at radius 1 is 1.21 bits per heavy atom. The highest BCUT2D eigenvalue weighted by Crippen LogP contribution is 2.16. The van der Waals surface area contributed by atoms with Crippen molar-refractivity contribution < 1.29 is 9.59 Å². The average molecular weight is 284 g/mol. The van der Waals surface area contributed by atoms with Crippen LogP contribution >= 0.6 is 12.4 Å². The molecule has 2 rings (SSSR count). The van der Waals surface area contributed by atoms with Crippen molar-refractivity contribution in [2.24, 2.45) is 0 Å². The van der Waals surface area contributed by atoms with Crippen molar-refractivity contribution in [2.75, 3.05) is 6.54 Å². The largest absolute Gasteiger partial charge is 0.350 e. The fourth-order valence-corrected chi connectivity index (χ4v) is 1.93. The Hall–Kier alpha value is -1.59. The van der Waals surface area contributed by atoms with E-state index in [1.165, 1.54) is 18.1 Å². The van der Waals surface area contributed by atoms with Crippen LogP contribution in [0.15, 0.2) is 18.2 Å². The predicted octanol–water partition coefficient (Wildman–Crippen LogP) is 0.464. The van der Waals surface area contributed by atoms with Gasteiger partial charge in [-0.2, -0.15) is 0 Å². The molecule has 0 spiro atoms. The summed E-state index contributed by atoms with van der Waals surface area (Å²) in [6.45, 7) is 3.72. The van der Waals surface area contributed by atoms with Crippen LogP contribution in [0.2, 0.25) is 0 Å². The van der Waals surface area contributed by atoms with Gasteiger partial charge in [0.25, 0.3) is 0 Å². The van der Waals surface area contributed by atoms with Crippen molar-refractivity contribution in [1.82, 2.24) is 16.0 Å². The number of nitrogens with one attached hydrogen (secondary N) is 3. The molecule has 0 saturated heterocycles. The average Bonchev–Trinajstić information content (AvgIpc) is 2.81. The molecule has 1 aliphatic rings. The first kappa shape index (κ1) is 15.5. The summed E-state index contributed by atoms with van der Waals surface area (Å²) in [5, 5.41) is 8.51. The van der Waals surface area contributed by atoms with Gasteiger partial charge in [-0.25, -0.2) is 0 Å². The number of halogens is 1. The molecule has 6 heteroatoms. The molecule has 0 aliphatic carbocycles. The second-order valence-corrected chi connectivity index (χ2v) is 4.39. The fraction of sp³-hybridized carbons (Fsp3) is 0.385. The number of carbonyl (C=O) groups excluding carboxylic acids is 2. The Kier molecular flexibility index (Phi) is 5.79. The van der Waals surface area contributed by atoms with Gasteiger partial charge < -0.3 is 16.0 Å². The van der Waals surface area contributed by atoms with Crippen LogP contribution in [0, 0.1) is 0 Å². The van der Waals surface area contributed by atoms with E-state index in [-0.39, 0.29) is 30.8 Å². The second-order valence-electron chi connectivity index (χ2n) is 4.39. The van der Waals surface area contributed by atoms with Gasteiger partial charge in [0.2, 0.25) is 11.8 Å². The smallest absolute Gasteiger partial charge is 0.239 e. The second kappa shape index (κ2) is 7.11. The number of benzene rings is 1. The molecule has 0 saturated carbocycles. The highest BCUT2D eigenvalue weighted by atomic mass is 35.5. The zero-order chi connectivity index (χ0) is 13.0. The van der Waals surface area contributed by atoms with Crippen LogP contribution in [-0.2, 0) is 29.2 Å². The van der Waals surface area contributed by atoms with Crippen molar-refractivity contribution in [1.29, 1.82) is 0 Å². The monoisotopic (exact) mass is 283 g/mol. The third kappa shape index (κ3) is 4.54. The van der Waals surface area contributed by atoms with Gasteiger partial charge in [-0.05, 0) is 16.7 Å². The highest BCUT2D eigenvalue weighted by molar-refractivity contribution is 5.85. The summed E-state index contributed by atoms with van der Waals surface area (Å²) < 4.78 is 0. The summed E-state index contributed by atoms with van der Waals surface area (Å²) in [6.07, 6.45) is 0. The molecule has 1 aromatic rings. The number of rotatable bonds is 4. The molecule has 19 heavy (non-hydrogen) atoms. The standard InChI is InChI=1S/C13H17N3O2.ClH/c1-9(17)15-8-13(18)16-5-10-2-3-11-6-14-7-12(11)4-10;/h2-4,14H,5-8H2,1H3,(H,15,17)(H,16,18);1H. The minimum Gasteiger partial charge on any atom is -0.350 e. The lowest BCUT2D eigenvalue weighted by molar-refractivity contribution is -0.125. The first-order valence-electron chi connectivity index (χ1n) is 5.97. The van der Waals surface area contributed by atoms with Crippen LogP contribution in [-0.4, -0.2) is 18.4 Å². The Bertz CT molecular complexity index is 477. The maximum atomic E-state index is 11.4. The zero-order valence-electron chi connectivity index (χ0n) is 10.8. The number of fused-ring (bicyclic) bond motifs is 1. The maximum Gasteiger partial charge on any atom is 0.239 e. The number of hydrogen-bond acceptors (Lipinski definition) is 3. The molecule has 1 heterocycles. The van der Waals surface area contributed by atoms with Crippen molar-refractivity contribution in [3.63, 3.8) is 0 Å². The van der Waals surface area contributed by atoms with E-state index >= 15 is 0 Å². The van der Waals surface area contributed by atoms with Gasteiger partial charge in [-0.1, -0.05) is 18.2 Å². The maximum absolute atomic E-state index is 11.4. The molecule has 104 valence electrons. The van der Waals surface area contributed by atoms with Crippen LogP contribution in [0.5, 0.6) is 0 Å². The molecule has 1 aliphatic heterocycles. The molecule has 3 N–H and O–H groups in total. The van der Waals surface area contributed by atoms with Crippen molar-refractivity contribution in [2.45, 2.75) is 26.6 Å². The molecule has 0 bridgehead atoms. The normalized spacial score (nSPS) is 12.3. The quantitative estimate of drug-likeness (QED) is 0.752. The Morgan fingerprint density at radius 2 is 1.95 bits per heavy atom. The lowest BCUT2D eigenvalue weighted by Crippen LogP contribution is -2.35.